The summed E-state index contributed by atoms with van der Waals surface area (Å²) < 4.78 is 10.5. The van der Waals surface area contributed by atoms with Gasteiger partial charge in [-0.2, -0.15) is 0 Å². The minimum Gasteiger partial charge on any atom is -0.481 e. The third-order valence-corrected chi connectivity index (χ3v) is 2.42. The topological polar surface area (TPSA) is 114 Å². The summed E-state index contributed by atoms with van der Waals surface area (Å²) >= 11 is 0. The Morgan fingerprint density at radius 2 is 2.00 bits per heavy atom. The number of hydrogen-bond donors (Lipinski definition) is 3. The van der Waals surface area contributed by atoms with E-state index in [9.17, 15) is 14.4 Å². The number of ether oxygens (including phenoxy) is 2. The highest BCUT2D eigenvalue weighted by Crippen LogP contribution is 1.99. The number of carbonyl (C=O) groups excluding carboxylic acids is 2. The molecule has 3 N–H and O–H groups in total. The van der Waals surface area contributed by atoms with Crippen molar-refractivity contribution >= 4 is 17.9 Å². The Morgan fingerprint density at radius 3 is 2.63 bits per heavy atom. The fraction of sp³-hybridized carbons (Fsp3) is 0.727. The van der Waals surface area contributed by atoms with Crippen LogP contribution >= 0.6 is 0 Å². The van der Waals surface area contributed by atoms with Gasteiger partial charge in [0, 0.05) is 19.4 Å². The first-order valence-electron chi connectivity index (χ1n) is 6.06. The minimum atomic E-state index is -0.966. The van der Waals surface area contributed by atoms with Gasteiger partial charge in [0.2, 0.25) is 5.91 Å². The molecule has 8 nitrogen and oxygen atoms in total. The second kappa shape index (κ2) is 8.44. The molecule has 0 spiro atoms. The molecule has 0 aromatic carbocycles. The van der Waals surface area contributed by atoms with Crippen LogP contribution in [-0.4, -0.2) is 55.5 Å². The summed E-state index contributed by atoms with van der Waals surface area (Å²) in [4.78, 5) is 32.8. The number of hydrogen-bond acceptors (Lipinski definition) is 5. The Labute approximate surface area is 110 Å². The van der Waals surface area contributed by atoms with Gasteiger partial charge in [-0.15, -0.1) is 0 Å². The predicted octanol–water partition coefficient (Wildman–Crippen LogP) is -0.517. The standard InChI is InChI=1S/C11H18N2O6/c14-9(2-1-3-10(15)16)13-11(17)12-6-8-7-18-4-5-19-8/h8H,1-7H2,(H,15,16)(H2,12,13,14,17). The van der Waals surface area contributed by atoms with E-state index in [2.05, 4.69) is 10.6 Å². The third kappa shape index (κ3) is 7.37. The first kappa shape index (κ1) is 15.4. The van der Waals surface area contributed by atoms with E-state index in [0.29, 0.717) is 19.8 Å². The second-order valence-electron chi connectivity index (χ2n) is 4.07. The maximum atomic E-state index is 11.3. The molecule has 0 aromatic heterocycles. The molecule has 1 fully saturated rings. The molecule has 1 heterocycles. The summed E-state index contributed by atoms with van der Waals surface area (Å²) in [6, 6.07) is -0.616. The molecular formula is C11H18N2O6. The van der Waals surface area contributed by atoms with Crippen molar-refractivity contribution < 1.29 is 29.0 Å². The zero-order valence-electron chi connectivity index (χ0n) is 10.5. The van der Waals surface area contributed by atoms with Crippen molar-refractivity contribution in [1.29, 1.82) is 0 Å². The van der Waals surface area contributed by atoms with Crippen LogP contribution < -0.4 is 10.6 Å². The molecule has 8 heteroatoms. The van der Waals surface area contributed by atoms with Gasteiger partial charge < -0.3 is 19.9 Å². The monoisotopic (exact) mass is 274 g/mol. The molecule has 0 bridgehead atoms. The molecule has 0 aromatic rings. The number of rotatable bonds is 6. The lowest BCUT2D eigenvalue weighted by molar-refractivity contribution is -0.137. The van der Waals surface area contributed by atoms with Crippen molar-refractivity contribution in [2.24, 2.45) is 0 Å². The lowest BCUT2D eigenvalue weighted by atomic mass is 10.2. The Bertz CT molecular complexity index is 327. The summed E-state index contributed by atoms with van der Waals surface area (Å²) in [5.74, 6) is -1.47. The van der Waals surface area contributed by atoms with E-state index in [1.165, 1.54) is 0 Å². The smallest absolute Gasteiger partial charge is 0.321 e. The van der Waals surface area contributed by atoms with Crippen molar-refractivity contribution in [3.05, 3.63) is 0 Å². The van der Waals surface area contributed by atoms with E-state index < -0.39 is 17.9 Å². The van der Waals surface area contributed by atoms with Gasteiger partial charge in [0.1, 0.15) is 0 Å². The van der Waals surface area contributed by atoms with Crippen LogP contribution in [0.25, 0.3) is 0 Å². The van der Waals surface area contributed by atoms with Crippen molar-refractivity contribution in [2.75, 3.05) is 26.4 Å². The molecule has 3 amide bonds. The normalized spacial score (nSPS) is 18.6. The minimum absolute atomic E-state index is 0.00274. The van der Waals surface area contributed by atoms with Crippen molar-refractivity contribution in [3.63, 3.8) is 0 Å². The summed E-state index contributed by atoms with van der Waals surface area (Å²) in [6.07, 6.45) is -0.0966. The van der Waals surface area contributed by atoms with Crippen LogP contribution in [0.15, 0.2) is 0 Å². The Kier molecular flexibility index (Phi) is 6.83. The highest BCUT2D eigenvalue weighted by molar-refractivity contribution is 5.94. The first-order chi connectivity index (χ1) is 9.08. The summed E-state index contributed by atoms with van der Waals surface area (Å²) in [6.45, 7) is 1.70. The molecule has 1 aliphatic heterocycles. The van der Waals surface area contributed by atoms with Gasteiger partial charge in [-0.1, -0.05) is 0 Å². The van der Waals surface area contributed by atoms with Gasteiger partial charge in [-0.05, 0) is 6.42 Å². The largest absolute Gasteiger partial charge is 0.481 e. The zero-order valence-corrected chi connectivity index (χ0v) is 10.5. The van der Waals surface area contributed by atoms with Gasteiger partial charge in [-0.25, -0.2) is 4.79 Å². The van der Waals surface area contributed by atoms with Gasteiger partial charge in [0.25, 0.3) is 0 Å². The van der Waals surface area contributed by atoms with Gasteiger partial charge in [0.05, 0.1) is 25.9 Å². The fourth-order valence-electron chi connectivity index (χ4n) is 1.49. The maximum Gasteiger partial charge on any atom is 0.321 e. The number of urea groups is 1. The molecule has 108 valence electrons. The van der Waals surface area contributed by atoms with Gasteiger partial charge >= 0.3 is 12.0 Å². The second-order valence-corrected chi connectivity index (χ2v) is 4.07. The number of nitrogens with one attached hydrogen (secondary N) is 2. The Hall–Kier alpha value is -1.67. The average Bonchev–Trinajstić information content (AvgIpc) is 2.37. The van der Waals surface area contributed by atoms with Crippen LogP contribution in [0.4, 0.5) is 4.79 Å². The number of carboxylic acid groups (broad SMARTS) is 1. The molecule has 0 aliphatic carbocycles. The van der Waals surface area contributed by atoms with Gasteiger partial charge in [0.15, 0.2) is 0 Å². The number of aliphatic carboxylic acids is 1. The predicted molar refractivity (Wildman–Crippen MR) is 63.6 cm³/mol. The van der Waals surface area contributed by atoms with Crippen LogP contribution in [0.3, 0.4) is 0 Å². The highest BCUT2D eigenvalue weighted by atomic mass is 16.6. The number of carbonyl (C=O) groups is 3. The Balaban J connectivity index is 2.08. The molecule has 19 heavy (non-hydrogen) atoms. The number of imide groups is 1. The average molecular weight is 274 g/mol. The van der Waals surface area contributed by atoms with E-state index in [0.717, 1.165) is 0 Å². The maximum absolute atomic E-state index is 11.3. The first-order valence-corrected chi connectivity index (χ1v) is 6.06. The van der Waals surface area contributed by atoms with Crippen LogP contribution in [-0.2, 0) is 19.1 Å². The van der Waals surface area contributed by atoms with Crippen LogP contribution in [0.2, 0.25) is 0 Å². The third-order valence-electron chi connectivity index (χ3n) is 2.42. The van der Waals surface area contributed by atoms with Crippen LogP contribution in [0.5, 0.6) is 0 Å². The molecule has 0 saturated carbocycles. The van der Waals surface area contributed by atoms with E-state index in [-0.39, 0.29) is 31.9 Å². The summed E-state index contributed by atoms with van der Waals surface area (Å²) in [5, 5.41) is 13.0. The molecular weight excluding hydrogens is 256 g/mol. The van der Waals surface area contributed by atoms with Crippen molar-refractivity contribution in [2.45, 2.75) is 25.4 Å². The van der Waals surface area contributed by atoms with Crippen molar-refractivity contribution in [3.8, 4) is 0 Å². The molecule has 1 rings (SSSR count). The highest BCUT2D eigenvalue weighted by Gasteiger charge is 2.15. The molecule has 1 atom stereocenters. The molecule has 1 aliphatic rings. The van der Waals surface area contributed by atoms with E-state index in [1.54, 1.807) is 0 Å². The Morgan fingerprint density at radius 1 is 1.21 bits per heavy atom. The van der Waals surface area contributed by atoms with E-state index in [1.807, 2.05) is 0 Å². The fourth-order valence-corrected chi connectivity index (χ4v) is 1.49. The van der Waals surface area contributed by atoms with Crippen LogP contribution in [0, 0.1) is 0 Å². The zero-order chi connectivity index (χ0) is 14.1. The SMILES string of the molecule is O=C(O)CCCC(=O)NC(=O)NCC1COCCO1. The lowest BCUT2D eigenvalue weighted by Gasteiger charge is -2.22. The van der Waals surface area contributed by atoms with Crippen molar-refractivity contribution in [1.82, 2.24) is 10.6 Å². The quantitative estimate of drug-likeness (QED) is 0.600. The number of carboxylic acids is 1. The van der Waals surface area contributed by atoms with E-state index in [4.69, 9.17) is 14.6 Å². The summed E-state index contributed by atoms with van der Waals surface area (Å²) in [7, 11) is 0. The lowest BCUT2D eigenvalue weighted by Crippen LogP contribution is -2.45. The molecule has 0 radical (unpaired) electrons. The summed E-state index contributed by atoms with van der Waals surface area (Å²) in [5.41, 5.74) is 0. The van der Waals surface area contributed by atoms with Crippen LogP contribution in [0.1, 0.15) is 19.3 Å². The van der Waals surface area contributed by atoms with E-state index >= 15 is 0 Å². The van der Waals surface area contributed by atoms with Gasteiger partial charge in [-0.3, -0.25) is 14.9 Å². The number of amides is 3. The molecule has 1 unspecified atom stereocenters. The molecule has 1 saturated heterocycles.